The minimum absolute atomic E-state index is 0.217. The van der Waals surface area contributed by atoms with Gasteiger partial charge in [-0.15, -0.1) is 0 Å². The van der Waals surface area contributed by atoms with Crippen LogP contribution in [0.1, 0.15) is 87.0 Å². The number of Topliss-reactive ketones (excluding diaryl/α,β-unsaturated/α-hetero) is 1. The number of nitrogens with zero attached hydrogens (tertiary/aromatic N) is 1. The molecule has 5 nitrogen and oxygen atoms in total. The van der Waals surface area contributed by atoms with Crippen molar-refractivity contribution in [1.82, 2.24) is 0 Å². The van der Waals surface area contributed by atoms with Crippen LogP contribution in [-0.4, -0.2) is 29.4 Å². The number of hydrogen-bond acceptors (Lipinski definition) is 3. The Morgan fingerprint density at radius 3 is 1.59 bits per heavy atom. The number of hydrogen-bond donors (Lipinski definition) is 1. The molecule has 27 heavy (non-hydrogen) atoms. The van der Waals surface area contributed by atoms with Crippen LogP contribution >= 0.6 is 0 Å². The second-order valence-electron chi connectivity index (χ2n) is 9.24. The van der Waals surface area contributed by atoms with Crippen molar-refractivity contribution in [3.8, 4) is 0 Å². The van der Waals surface area contributed by atoms with Crippen LogP contribution in [0.15, 0.2) is 4.40 Å². The second kappa shape index (κ2) is 11.5. The molecule has 0 amide bonds. The topological polar surface area (TPSA) is 89.6 Å². The smallest absolute Gasteiger partial charge is 0.187 e. The standard InChI is InChI=1S/C10H19NOS.C6H10O.C4H10NOS/c1-8(7-9-5-6-9)11-13(12)10(2,3)4;1-5(7)4-6-2-3-6;1-4(2,3)7(5)6/h9H,5-7H2,1-4H3;6H,2-4H2,1H3;1,5H2,2-3H3/q;;+1. The molecule has 0 bridgehead atoms. The lowest BCUT2D eigenvalue weighted by Crippen LogP contribution is -2.27. The lowest BCUT2D eigenvalue weighted by molar-refractivity contribution is -0.117. The second-order valence-corrected chi connectivity index (χ2v) is 12.8. The predicted molar refractivity (Wildman–Crippen MR) is 118 cm³/mol. The Morgan fingerprint density at radius 1 is 1.00 bits per heavy atom. The van der Waals surface area contributed by atoms with Crippen molar-refractivity contribution in [3.63, 3.8) is 0 Å². The molecule has 7 heteroatoms. The molecule has 2 aliphatic carbocycles. The van der Waals surface area contributed by atoms with E-state index in [1.54, 1.807) is 20.8 Å². The number of nitrogens with two attached hydrogens (primary N) is 1. The summed E-state index contributed by atoms with van der Waals surface area (Å²) in [7, 11) is -2.36. The van der Waals surface area contributed by atoms with Crippen molar-refractivity contribution in [3.05, 3.63) is 6.92 Å². The van der Waals surface area contributed by atoms with E-state index in [-0.39, 0.29) is 4.75 Å². The molecule has 2 N–H and O–H groups in total. The van der Waals surface area contributed by atoms with Crippen LogP contribution in [0.25, 0.3) is 0 Å². The van der Waals surface area contributed by atoms with E-state index < -0.39 is 26.7 Å². The number of carbonyl (C=O) groups excluding carboxylic acids is 1. The van der Waals surface area contributed by atoms with Gasteiger partial charge in [0.1, 0.15) is 27.8 Å². The Balaban J connectivity index is 0.000000410. The van der Waals surface area contributed by atoms with E-state index in [1.807, 2.05) is 27.7 Å². The average molecular weight is 420 g/mol. The average Bonchev–Trinajstić information content (AvgIpc) is 3.34. The lowest BCUT2D eigenvalue weighted by Gasteiger charge is -2.13. The van der Waals surface area contributed by atoms with Gasteiger partial charge >= 0.3 is 0 Å². The molecule has 0 aliphatic heterocycles. The van der Waals surface area contributed by atoms with E-state index in [0.717, 1.165) is 30.4 Å². The first kappa shape index (κ1) is 26.5. The normalized spacial score (nSPS) is 19.8. The van der Waals surface area contributed by atoms with E-state index in [0.29, 0.717) is 5.78 Å². The van der Waals surface area contributed by atoms with E-state index in [2.05, 4.69) is 11.3 Å². The zero-order valence-corrected chi connectivity index (χ0v) is 19.8. The highest BCUT2D eigenvalue weighted by molar-refractivity contribution is 7.85. The molecule has 2 aliphatic rings. The highest BCUT2D eigenvalue weighted by atomic mass is 32.2. The minimum atomic E-state index is -1.29. The van der Waals surface area contributed by atoms with Crippen LogP contribution in [-0.2, 0) is 26.8 Å². The van der Waals surface area contributed by atoms with Crippen molar-refractivity contribution in [2.45, 2.75) is 96.5 Å². The Bertz CT molecular complexity index is 553. The fraction of sp³-hybridized carbons (Fsp3) is 0.850. The van der Waals surface area contributed by atoms with Gasteiger partial charge in [-0.25, -0.2) is 13.6 Å². The molecule has 0 aromatic rings. The third-order valence-electron chi connectivity index (χ3n) is 3.86. The first-order chi connectivity index (χ1) is 12.1. The molecule has 2 atom stereocenters. The molecule has 2 saturated carbocycles. The fourth-order valence-corrected chi connectivity index (χ4v) is 2.42. The molecule has 0 aromatic carbocycles. The van der Waals surface area contributed by atoms with Gasteiger partial charge < -0.3 is 4.79 Å². The lowest BCUT2D eigenvalue weighted by atomic mass is 10.2. The molecular formula is C20H39N2O3S2+. The van der Waals surface area contributed by atoms with Crippen molar-refractivity contribution in [2.75, 3.05) is 0 Å². The molecule has 0 spiro atoms. The SMILES string of the molecule is CC(=O)CC1CC1.CC(CC1CC1)=NS(=O)C(C)(C)C.[CH2+]C(C)(C)S(N)=O. The summed E-state index contributed by atoms with van der Waals surface area (Å²) in [6.07, 6.45) is 7.12. The molecular weight excluding hydrogens is 380 g/mol. The van der Waals surface area contributed by atoms with E-state index in [4.69, 9.17) is 5.14 Å². The summed E-state index contributed by atoms with van der Waals surface area (Å²) in [6.45, 7) is 16.5. The van der Waals surface area contributed by atoms with Crippen LogP contribution < -0.4 is 5.14 Å². The maximum atomic E-state index is 11.6. The highest BCUT2D eigenvalue weighted by Gasteiger charge is 2.24. The molecule has 0 radical (unpaired) electrons. The molecule has 2 unspecified atom stereocenters. The van der Waals surface area contributed by atoms with Gasteiger partial charge in [-0.3, -0.25) is 0 Å². The predicted octanol–water partition coefficient (Wildman–Crippen LogP) is 4.31. The van der Waals surface area contributed by atoms with Crippen LogP contribution in [0.2, 0.25) is 0 Å². The van der Waals surface area contributed by atoms with E-state index in [1.165, 1.54) is 25.7 Å². The molecule has 158 valence electrons. The van der Waals surface area contributed by atoms with Crippen molar-refractivity contribution >= 4 is 33.5 Å². The van der Waals surface area contributed by atoms with E-state index in [9.17, 15) is 13.2 Å². The summed E-state index contributed by atoms with van der Waals surface area (Å²) in [5.41, 5.74) is 1.05. The van der Waals surface area contributed by atoms with Gasteiger partial charge in [-0.2, -0.15) is 4.40 Å². The van der Waals surface area contributed by atoms with Crippen molar-refractivity contribution in [2.24, 2.45) is 21.4 Å². The van der Waals surface area contributed by atoms with Gasteiger partial charge in [-0.05, 0) is 92.4 Å². The zero-order valence-electron chi connectivity index (χ0n) is 18.2. The summed E-state index contributed by atoms with van der Waals surface area (Å²) in [5, 5.41) is 4.98. The quantitative estimate of drug-likeness (QED) is 0.514. The maximum Gasteiger partial charge on any atom is 0.187 e. The Kier molecular flexibility index (Phi) is 11.2. The van der Waals surface area contributed by atoms with Crippen LogP contribution in [0.4, 0.5) is 0 Å². The molecule has 2 fully saturated rings. The van der Waals surface area contributed by atoms with Crippen molar-refractivity contribution < 1.29 is 13.2 Å². The first-order valence-corrected chi connectivity index (χ1v) is 11.9. The van der Waals surface area contributed by atoms with E-state index >= 15 is 0 Å². The molecule has 2 rings (SSSR count). The van der Waals surface area contributed by atoms with Gasteiger partial charge in [0, 0.05) is 12.1 Å². The summed E-state index contributed by atoms with van der Waals surface area (Å²) in [6, 6.07) is 0. The molecule has 0 heterocycles. The fourth-order valence-electron chi connectivity index (χ4n) is 1.78. The summed E-state index contributed by atoms with van der Waals surface area (Å²) < 4.78 is 25.4. The number of ketones is 1. The monoisotopic (exact) mass is 419 g/mol. The summed E-state index contributed by atoms with van der Waals surface area (Å²) in [4.78, 5) is 10.3. The van der Waals surface area contributed by atoms with Gasteiger partial charge in [0.25, 0.3) is 0 Å². The Labute approximate surface area is 171 Å². The minimum Gasteiger partial charge on any atom is -0.300 e. The largest absolute Gasteiger partial charge is 0.300 e. The summed E-state index contributed by atoms with van der Waals surface area (Å²) >= 11 is 0. The van der Waals surface area contributed by atoms with Gasteiger partial charge in [0.15, 0.2) is 4.75 Å². The van der Waals surface area contributed by atoms with Crippen molar-refractivity contribution in [1.29, 1.82) is 0 Å². The van der Waals surface area contributed by atoms with Gasteiger partial charge in [0.2, 0.25) is 0 Å². The highest BCUT2D eigenvalue weighted by Crippen LogP contribution is 2.33. The van der Waals surface area contributed by atoms with Gasteiger partial charge in [-0.1, -0.05) is 0 Å². The third-order valence-corrected chi connectivity index (χ3v) is 6.48. The molecule has 0 aromatic heterocycles. The van der Waals surface area contributed by atoms with Crippen LogP contribution in [0.5, 0.6) is 0 Å². The first-order valence-electron chi connectivity index (χ1n) is 9.60. The molecule has 0 saturated heterocycles. The Morgan fingerprint density at radius 2 is 1.37 bits per heavy atom. The van der Waals surface area contributed by atoms with Gasteiger partial charge in [0.05, 0.1) is 11.7 Å². The van der Waals surface area contributed by atoms with Crippen LogP contribution in [0.3, 0.4) is 0 Å². The number of carbonyl (C=O) groups is 1. The van der Waals surface area contributed by atoms with Crippen LogP contribution in [0, 0.1) is 18.8 Å². The maximum absolute atomic E-state index is 11.6. The summed E-state index contributed by atoms with van der Waals surface area (Å²) in [5.74, 6) is 1.96. The third kappa shape index (κ3) is 16.2. The number of rotatable bonds is 6. The zero-order chi connectivity index (χ0) is 21.4. The Hall–Kier alpha value is -0.530.